The lowest BCUT2D eigenvalue weighted by Crippen LogP contribution is -2.02. The maximum Gasteiger partial charge on any atom is 0.188 e. The van der Waals surface area contributed by atoms with Gasteiger partial charge in [0.25, 0.3) is 0 Å². The minimum Gasteiger partial charge on any atom is -0.493 e. The molecule has 0 aliphatic carbocycles. The third-order valence-electron chi connectivity index (χ3n) is 1.71. The van der Waals surface area contributed by atoms with E-state index in [1.807, 2.05) is 0 Å². The second-order valence-electron chi connectivity index (χ2n) is 2.61. The summed E-state index contributed by atoms with van der Waals surface area (Å²) >= 11 is 0. The molecule has 0 saturated heterocycles. The Labute approximate surface area is 75.3 Å². The van der Waals surface area contributed by atoms with Crippen molar-refractivity contribution in [3.63, 3.8) is 0 Å². The summed E-state index contributed by atoms with van der Waals surface area (Å²) < 4.78 is 18.0. The third kappa shape index (κ3) is 1.61. The zero-order valence-electron chi connectivity index (χ0n) is 7.43. The number of nitrogens with two attached hydrogens (primary N) is 1. The van der Waals surface area contributed by atoms with Gasteiger partial charge in [0.2, 0.25) is 0 Å². The lowest BCUT2D eigenvalue weighted by molar-refractivity contribution is 0.101. The molecule has 4 heteroatoms. The number of carbonyl (C=O) groups excluding carboxylic acids is 1. The van der Waals surface area contributed by atoms with Crippen LogP contribution in [-0.4, -0.2) is 12.9 Å². The summed E-state index contributed by atoms with van der Waals surface area (Å²) in [4.78, 5) is 11.0. The Morgan fingerprint density at radius 2 is 2.15 bits per heavy atom. The fourth-order valence-corrected chi connectivity index (χ4v) is 1.05. The Balaban J connectivity index is 3.38. The number of benzene rings is 1. The fraction of sp³-hybridized carbons (Fsp3) is 0.222. The van der Waals surface area contributed by atoms with Crippen molar-refractivity contribution in [2.45, 2.75) is 6.92 Å². The van der Waals surface area contributed by atoms with E-state index in [4.69, 9.17) is 10.5 Å². The molecule has 0 radical (unpaired) electrons. The number of anilines is 1. The van der Waals surface area contributed by atoms with E-state index in [1.54, 1.807) is 0 Å². The Morgan fingerprint density at radius 3 is 2.62 bits per heavy atom. The molecule has 0 aliphatic heterocycles. The monoisotopic (exact) mass is 183 g/mol. The van der Waals surface area contributed by atoms with Gasteiger partial charge in [0.1, 0.15) is 0 Å². The van der Waals surface area contributed by atoms with Crippen molar-refractivity contribution in [2.24, 2.45) is 0 Å². The average Bonchev–Trinajstić information content (AvgIpc) is 2.09. The van der Waals surface area contributed by atoms with E-state index in [2.05, 4.69) is 0 Å². The van der Waals surface area contributed by atoms with Crippen LogP contribution in [0.25, 0.3) is 0 Å². The Hall–Kier alpha value is -1.58. The predicted octanol–water partition coefficient (Wildman–Crippen LogP) is 1.62. The van der Waals surface area contributed by atoms with Gasteiger partial charge in [-0.2, -0.15) is 0 Å². The van der Waals surface area contributed by atoms with Crippen LogP contribution < -0.4 is 10.5 Å². The SMILES string of the molecule is COc1c(C(C)=O)ccc(N)c1F. The number of Topliss-reactive ketones (excluding diaryl/α,β-unsaturated/α-hetero) is 1. The van der Waals surface area contributed by atoms with Gasteiger partial charge in [-0.05, 0) is 19.1 Å². The molecule has 0 fully saturated rings. The van der Waals surface area contributed by atoms with E-state index in [-0.39, 0.29) is 22.8 Å². The Bertz CT molecular complexity index is 350. The molecule has 0 saturated carbocycles. The van der Waals surface area contributed by atoms with Gasteiger partial charge in [-0.1, -0.05) is 0 Å². The zero-order chi connectivity index (χ0) is 10.0. The molecule has 1 aromatic rings. The van der Waals surface area contributed by atoms with Crippen molar-refractivity contribution < 1.29 is 13.9 Å². The maximum absolute atomic E-state index is 13.2. The highest BCUT2D eigenvalue weighted by Crippen LogP contribution is 2.27. The molecule has 0 heterocycles. The number of hydrogen-bond acceptors (Lipinski definition) is 3. The molecule has 70 valence electrons. The van der Waals surface area contributed by atoms with Crippen LogP contribution in [0.2, 0.25) is 0 Å². The summed E-state index contributed by atoms with van der Waals surface area (Å²) in [6.07, 6.45) is 0. The molecule has 1 rings (SSSR count). The molecule has 0 unspecified atom stereocenters. The van der Waals surface area contributed by atoms with E-state index in [0.29, 0.717) is 0 Å². The van der Waals surface area contributed by atoms with Gasteiger partial charge in [0.05, 0.1) is 18.4 Å². The molecule has 2 N–H and O–H groups in total. The third-order valence-corrected chi connectivity index (χ3v) is 1.71. The molecule has 0 spiro atoms. The molecule has 13 heavy (non-hydrogen) atoms. The van der Waals surface area contributed by atoms with Gasteiger partial charge >= 0.3 is 0 Å². The maximum atomic E-state index is 13.2. The first-order valence-corrected chi connectivity index (χ1v) is 3.70. The predicted molar refractivity (Wildman–Crippen MR) is 47.4 cm³/mol. The molecular weight excluding hydrogens is 173 g/mol. The van der Waals surface area contributed by atoms with Crippen LogP contribution in [0, 0.1) is 5.82 Å². The van der Waals surface area contributed by atoms with Crippen LogP contribution in [0.15, 0.2) is 12.1 Å². The highest BCUT2D eigenvalue weighted by atomic mass is 19.1. The number of ketones is 1. The number of rotatable bonds is 2. The minimum absolute atomic E-state index is 0.0261. The largest absolute Gasteiger partial charge is 0.493 e. The Morgan fingerprint density at radius 1 is 1.54 bits per heavy atom. The Kier molecular flexibility index (Phi) is 2.51. The van der Waals surface area contributed by atoms with Gasteiger partial charge in [-0.25, -0.2) is 4.39 Å². The summed E-state index contributed by atoms with van der Waals surface area (Å²) in [7, 11) is 1.30. The number of methoxy groups -OCH3 is 1. The summed E-state index contributed by atoms with van der Waals surface area (Å²) in [5.41, 5.74) is 5.48. The lowest BCUT2D eigenvalue weighted by atomic mass is 10.1. The summed E-state index contributed by atoms with van der Waals surface area (Å²) in [5, 5.41) is 0. The number of nitrogen functional groups attached to an aromatic ring is 1. The molecule has 0 atom stereocenters. The molecule has 1 aromatic carbocycles. The van der Waals surface area contributed by atoms with Gasteiger partial charge in [0, 0.05) is 0 Å². The highest BCUT2D eigenvalue weighted by molar-refractivity contribution is 5.97. The first kappa shape index (κ1) is 9.51. The van der Waals surface area contributed by atoms with E-state index >= 15 is 0 Å². The summed E-state index contributed by atoms with van der Waals surface area (Å²) in [6.45, 7) is 1.34. The van der Waals surface area contributed by atoms with Gasteiger partial charge in [-0.15, -0.1) is 0 Å². The quantitative estimate of drug-likeness (QED) is 0.560. The second-order valence-corrected chi connectivity index (χ2v) is 2.61. The van der Waals surface area contributed by atoms with Crippen LogP contribution in [0.5, 0.6) is 5.75 Å². The molecule has 0 bridgehead atoms. The van der Waals surface area contributed by atoms with E-state index in [0.717, 1.165) is 0 Å². The molecule has 0 amide bonds. The van der Waals surface area contributed by atoms with Crippen LogP contribution in [0.3, 0.4) is 0 Å². The van der Waals surface area contributed by atoms with Gasteiger partial charge in [-0.3, -0.25) is 4.79 Å². The van der Waals surface area contributed by atoms with Gasteiger partial charge < -0.3 is 10.5 Å². The fourth-order valence-electron chi connectivity index (χ4n) is 1.05. The van der Waals surface area contributed by atoms with Crippen LogP contribution in [-0.2, 0) is 0 Å². The van der Waals surface area contributed by atoms with Crippen LogP contribution in [0.1, 0.15) is 17.3 Å². The topological polar surface area (TPSA) is 52.3 Å². The zero-order valence-corrected chi connectivity index (χ0v) is 7.43. The standard InChI is InChI=1S/C9H10FNO2/c1-5(12)6-3-4-7(11)8(10)9(6)13-2/h3-4H,11H2,1-2H3. The highest BCUT2D eigenvalue weighted by Gasteiger charge is 2.14. The van der Waals surface area contributed by atoms with E-state index in [1.165, 1.54) is 26.2 Å². The first-order chi connectivity index (χ1) is 6.07. The van der Waals surface area contributed by atoms with Crippen molar-refractivity contribution >= 4 is 11.5 Å². The van der Waals surface area contributed by atoms with Crippen molar-refractivity contribution in [3.8, 4) is 5.75 Å². The number of carbonyl (C=O) groups is 1. The summed E-state index contributed by atoms with van der Waals surface area (Å²) in [5.74, 6) is -1.03. The lowest BCUT2D eigenvalue weighted by Gasteiger charge is -2.07. The normalized spacial score (nSPS) is 9.77. The number of ether oxygens (including phenoxy) is 1. The van der Waals surface area contributed by atoms with Crippen LogP contribution in [0.4, 0.5) is 10.1 Å². The molecule has 0 aromatic heterocycles. The van der Waals surface area contributed by atoms with Crippen molar-refractivity contribution in [1.82, 2.24) is 0 Å². The first-order valence-electron chi connectivity index (χ1n) is 3.70. The van der Waals surface area contributed by atoms with Crippen LogP contribution >= 0.6 is 0 Å². The van der Waals surface area contributed by atoms with Crippen molar-refractivity contribution in [3.05, 3.63) is 23.5 Å². The van der Waals surface area contributed by atoms with Crippen molar-refractivity contribution in [2.75, 3.05) is 12.8 Å². The smallest absolute Gasteiger partial charge is 0.188 e. The van der Waals surface area contributed by atoms with E-state index in [9.17, 15) is 9.18 Å². The minimum atomic E-state index is -0.685. The number of halogens is 1. The summed E-state index contributed by atoms with van der Waals surface area (Å²) in [6, 6.07) is 2.79. The molecular formula is C9H10FNO2. The van der Waals surface area contributed by atoms with Crippen molar-refractivity contribution in [1.29, 1.82) is 0 Å². The van der Waals surface area contributed by atoms with E-state index < -0.39 is 5.82 Å². The molecule has 0 aliphatic rings. The number of hydrogen-bond donors (Lipinski definition) is 1. The second kappa shape index (κ2) is 3.43. The van der Waals surface area contributed by atoms with Gasteiger partial charge in [0.15, 0.2) is 17.3 Å². The average molecular weight is 183 g/mol. The molecule has 3 nitrogen and oxygen atoms in total.